The van der Waals surface area contributed by atoms with Crippen LogP contribution in [0.2, 0.25) is 0 Å². The summed E-state index contributed by atoms with van der Waals surface area (Å²) in [4.78, 5) is 12.0. The van der Waals surface area contributed by atoms with E-state index in [1.807, 2.05) is 55.5 Å². The first-order valence-electron chi connectivity index (χ1n) is 8.96. The lowest BCUT2D eigenvalue weighted by Gasteiger charge is -2.22. The molecule has 1 amide bonds. The summed E-state index contributed by atoms with van der Waals surface area (Å²) < 4.78 is 0. The van der Waals surface area contributed by atoms with Crippen molar-refractivity contribution in [3.05, 3.63) is 83.9 Å². The largest absolute Gasteiger partial charge is 0.352 e. The maximum Gasteiger partial charge on any atom is 0.223 e. The second-order valence-corrected chi connectivity index (χ2v) is 8.32. The molecule has 0 spiro atoms. The Balaban J connectivity index is 1.42. The number of nitrogens with one attached hydrogen (secondary N) is 2. The normalized spacial score (nSPS) is 18.8. The van der Waals surface area contributed by atoms with E-state index in [-0.39, 0.29) is 5.91 Å². The molecule has 0 saturated heterocycles. The first-order valence-corrected chi connectivity index (χ1v) is 9.77. The molecule has 3 aromatic carbocycles. The maximum atomic E-state index is 12.4. The highest BCUT2D eigenvalue weighted by atomic mass is 32.2. The van der Waals surface area contributed by atoms with Crippen LogP contribution in [0.15, 0.2) is 77.9 Å². The van der Waals surface area contributed by atoms with Gasteiger partial charge in [0.1, 0.15) is 9.91 Å². The summed E-state index contributed by atoms with van der Waals surface area (Å²) in [7, 11) is 0. The number of amides is 1. The monoisotopic (exact) mass is 375 g/mol. The van der Waals surface area contributed by atoms with Crippen molar-refractivity contribution in [1.82, 2.24) is 10.7 Å². The molecule has 1 atom stereocenters. The van der Waals surface area contributed by atoms with Gasteiger partial charge >= 0.3 is 0 Å². The van der Waals surface area contributed by atoms with Crippen LogP contribution in [0.1, 0.15) is 24.5 Å². The lowest BCUT2D eigenvalue weighted by Crippen LogP contribution is -2.38. The standard InChI is InChI=1S/C22H21N3OS/c1-22(14-20(26)23-15-16-8-3-2-4-9-16)25-24-21(27-22)19-13-7-11-17-10-5-6-12-18(17)19/h2-13,25H,14-15H2,1H3,(H,23,26). The van der Waals surface area contributed by atoms with Gasteiger partial charge in [-0.05, 0) is 23.3 Å². The van der Waals surface area contributed by atoms with E-state index < -0.39 is 4.87 Å². The summed E-state index contributed by atoms with van der Waals surface area (Å²) in [6.07, 6.45) is 0.349. The molecule has 0 bridgehead atoms. The highest BCUT2D eigenvalue weighted by Gasteiger charge is 2.35. The molecule has 2 N–H and O–H groups in total. The number of benzene rings is 3. The van der Waals surface area contributed by atoms with Gasteiger partial charge in [-0.15, -0.1) is 0 Å². The van der Waals surface area contributed by atoms with Gasteiger partial charge in [-0.1, -0.05) is 84.6 Å². The minimum absolute atomic E-state index is 0.00993. The minimum Gasteiger partial charge on any atom is -0.352 e. The van der Waals surface area contributed by atoms with E-state index in [4.69, 9.17) is 0 Å². The quantitative estimate of drug-likeness (QED) is 0.701. The predicted molar refractivity (Wildman–Crippen MR) is 113 cm³/mol. The fourth-order valence-corrected chi connectivity index (χ4v) is 4.30. The van der Waals surface area contributed by atoms with Crippen molar-refractivity contribution >= 4 is 33.5 Å². The number of hydrogen-bond acceptors (Lipinski definition) is 4. The molecule has 0 saturated carbocycles. The van der Waals surface area contributed by atoms with Gasteiger partial charge in [-0.3, -0.25) is 10.2 Å². The first kappa shape index (κ1) is 17.6. The number of carbonyl (C=O) groups excluding carboxylic acids is 1. The Kier molecular flexibility index (Phi) is 4.86. The SMILES string of the molecule is CC1(CC(=O)NCc2ccccc2)NN=C(c2cccc3ccccc23)S1. The van der Waals surface area contributed by atoms with Gasteiger partial charge in [0.25, 0.3) is 0 Å². The molecule has 136 valence electrons. The van der Waals surface area contributed by atoms with Crippen LogP contribution >= 0.6 is 11.8 Å². The van der Waals surface area contributed by atoms with Gasteiger partial charge in [0.05, 0.1) is 6.42 Å². The highest BCUT2D eigenvalue weighted by molar-refractivity contribution is 8.15. The fraction of sp³-hybridized carbons (Fsp3) is 0.182. The molecular formula is C22H21N3OS. The maximum absolute atomic E-state index is 12.4. The lowest BCUT2D eigenvalue weighted by atomic mass is 10.1. The molecule has 1 aliphatic heterocycles. The highest BCUT2D eigenvalue weighted by Crippen LogP contribution is 2.36. The summed E-state index contributed by atoms with van der Waals surface area (Å²) in [5.74, 6) is 0.00993. The van der Waals surface area contributed by atoms with Crippen LogP contribution in [-0.2, 0) is 11.3 Å². The van der Waals surface area contributed by atoms with Crippen LogP contribution in [0.3, 0.4) is 0 Å². The third-order valence-electron chi connectivity index (χ3n) is 4.57. The summed E-state index contributed by atoms with van der Waals surface area (Å²) in [6.45, 7) is 2.55. The fourth-order valence-electron chi connectivity index (χ4n) is 3.20. The molecular weight excluding hydrogens is 354 g/mol. The molecule has 0 aliphatic carbocycles. The summed E-state index contributed by atoms with van der Waals surface area (Å²) >= 11 is 1.61. The van der Waals surface area contributed by atoms with Crippen LogP contribution < -0.4 is 10.7 Å². The Morgan fingerprint density at radius 2 is 1.78 bits per heavy atom. The Bertz CT molecular complexity index is 997. The van der Waals surface area contributed by atoms with Crippen molar-refractivity contribution in [3.63, 3.8) is 0 Å². The van der Waals surface area contributed by atoms with Crippen molar-refractivity contribution in [1.29, 1.82) is 0 Å². The van der Waals surface area contributed by atoms with Gasteiger partial charge < -0.3 is 5.32 Å². The van der Waals surface area contributed by atoms with E-state index in [9.17, 15) is 4.79 Å². The molecule has 0 fully saturated rings. The molecule has 4 nitrogen and oxygen atoms in total. The van der Waals surface area contributed by atoms with Crippen LogP contribution in [-0.4, -0.2) is 15.8 Å². The second-order valence-electron chi connectivity index (χ2n) is 6.83. The number of hydrazone groups is 1. The van der Waals surface area contributed by atoms with E-state index in [2.05, 4.69) is 40.1 Å². The predicted octanol–water partition coefficient (Wildman–Crippen LogP) is 4.26. The molecule has 0 aromatic heterocycles. The van der Waals surface area contributed by atoms with Crippen molar-refractivity contribution in [2.75, 3.05) is 0 Å². The van der Waals surface area contributed by atoms with Crippen molar-refractivity contribution < 1.29 is 4.79 Å². The van der Waals surface area contributed by atoms with E-state index in [1.165, 1.54) is 10.8 Å². The number of carbonyl (C=O) groups is 1. The summed E-state index contributed by atoms with van der Waals surface area (Å²) in [5, 5.41) is 10.8. The van der Waals surface area contributed by atoms with Gasteiger partial charge in [0.2, 0.25) is 5.91 Å². The zero-order chi connectivity index (χ0) is 18.7. The van der Waals surface area contributed by atoms with Crippen LogP contribution in [0, 0.1) is 0 Å². The molecule has 0 radical (unpaired) electrons. The molecule has 4 rings (SSSR count). The number of rotatable bonds is 5. The van der Waals surface area contributed by atoms with Crippen LogP contribution in [0.25, 0.3) is 10.8 Å². The number of thioether (sulfide) groups is 1. The second kappa shape index (κ2) is 7.45. The third kappa shape index (κ3) is 3.98. The summed E-state index contributed by atoms with van der Waals surface area (Å²) in [5.41, 5.74) is 5.36. The smallest absolute Gasteiger partial charge is 0.223 e. The van der Waals surface area contributed by atoms with Gasteiger partial charge in [-0.2, -0.15) is 5.10 Å². The molecule has 1 unspecified atom stereocenters. The van der Waals surface area contributed by atoms with Gasteiger partial charge in [-0.25, -0.2) is 0 Å². The number of fused-ring (bicyclic) bond motifs is 1. The van der Waals surface area contributed by atoms with Crippen LogP contribution in [0.5, 0.6) is 0 Å². The van der Waals surface area contributed by atoms with E-state index in [0.717, 1.165) is 16.2 Å². The molecule has 3 aromatic rings. The Hall–Kier alpha value is -2.79. The Morgan fingerprint density at radius 1 is 1.04 bits per heavy atom. The molecule has 1 heterocycles. The van der Waals surface area contributed by atoms with Crippen molar-refractivity contribution in [2.24, 2.45) is 5.10 Å². The zero-order valence-electron chi connectivity index (χ0n) is 15.1. The topological polar surface area (TPSA) is 53.5 Å². The average Bonchev–Trinajstić information content (AvgIpc) is 3.08. The van der Waals surface area contributed by atoms with E-state index in [1.54, 1.807) is 11.8 Å². The average molecular weight is 375 g/mol. The molecule has 1 aliphatic rings. The third-order valence-corrected chi connectivity index (χ3v) is 5.76. The van der Waals surface area contributed by atoms with Gasteiger partial charge in [0.15, 0.2) is 0 Å². The lowest BCUT2D eigenvalue weighted by molar-refractivity contribution is -0.121. The Morgan fingerprint density at radius 3 is 2.63 bits per heavy atom. The summed E-state index contributed by atoms with van der Waals surface area (Å²) in [6, 6.07) is 24.4. The van der Waals surface area contributed by atoms with Gasteiger partial charge in [0, 0.05) is 12.1 Å². The number of nitrogens with zero attached hydrogens (tertiary/aromatic N) is 1. The first-order chi connectivity index (χ1) is 13.1. The van der Waals surface area contributed by atoms with Crippen molar-refractivity contribution in [2.45, 2.75) is 24.8 Å². The zero-order valence-corrected chi connectivity index (χ0v) is 15.9. The molecule has 27 heavy (non-hydrogen) atoms. The minimum atomic E-state index is -0.451. The molecule has 5 heteroatoms. The Labute approximate surface area is 163 Å². The van der Waals surface area contributed by atoms with Crippen LogP contribution in [0.4, 0.5) is 0 Å². The van der Waals surface area contributed by atoms with E-state index >= 15 is 0 Å². The van der Waals surface area contributed by atoms with E-state index in [0.29, 0.717) is 13.0 Å². The van der Waals surface area contributed by atoms with Crippen molar-refractivity contribution in [3.8, 4) is 0 Å². The number of hydrogen-bond donors (Lipinski definition) is 2.